The van der Waals surface area contributed by atoms with Crippen molar-refractivity contribution in [3.8, 4) is 0 Å². The van der Waals surface area contributed by atoms with Crippen molar-refractivity contribution < 1.29 is 13.5 Å². The number of aromatic nitrogens is 1. The van der Waals surface area contributed by atoms with Gasteiger partial charge in [0.2, 0.25) is 0 Å². The van der Waals surface area contributed by atoms with E-state index in [0.29, 0.717) is 6.54 Å². The standard InChI is InChI=1S/C13H20N2O3S/c1-3-12-6-11(8-16)7-13(14-12)15-4-5-19(17,18)9-10(15)2/h6-7,10,16H,3-5,8-9H2,1-2H3. The molecule has 0 aliphatic carbocycles. The Morgan fingerprint density at radius 1 is 1.47 bits per heavy atom. The molecule has 0 amide bonds. The van der Waals surface area contributed by atoms with Crippen LogP contribution in [0.15, 0.2) is 12.1 Å². The Morgan fingerprint density at radius 2 is 2.21 bits per heavy atom. The Bertz CT molecular complexity index is 535. The zero-order valence-electron chi connectivity index (χ0n) is 11.3. The van der Waals surface area contributed by atoms with Crippen molar-refractivity contribution in [1.82, 2.24) is 4.98 Å². The maximum absolute atomic E-state index is 11.6. The molecule has 1 aliphatic rings. The normalized spacial score (nSPS) is 22.5. The number of aliphatic hydroxyl groups is 1. The van der Waals surface area contributed by atoms with Gasteiger partial charge in [-0.2, -0.15) is 0 Å². The molecule has 0 saturated carbocycles. The Morgan fingerprint density at radius 3 is 2.79 bits per heavy atom. The lowest BCUT2D eigenvalue weighted by Crippen LogP contribution is -2.47. The third-order valence-corrected chi connectivity index (χ3v) is 5.23. The van der Waals surface area contributed by atoms with Gasteiger partial charge in [0.15, 0.2) is 9.84 Å². The van der Waals surface area contributed by atoms with Crippen molar-refractivity contribution in [2.75, 3.05) is 23.0 Å². The molecule has 6 heteroatoms. The van der Waals surface area contributed by atoms with E-state index in [1.807, 2.05) is 30.9 Å². The molecule has 5 nitrogen and oxygen atoms in total. The lowest BCUT2D eigenvalue weighted by Gasteiger charge is -2.34. The monoisotopic (exact) mass is 284 g/mol. The molecule has 1 aromatic heterocycles. The Kier molecular flexibility index (Phi) is 4.10. The fourth-order valence-corrected chi connectivity index (χ4v) is 3.95. The van der Waals surface area contributed by atoms with Gasteiger partial charge in [-0.3, -0.25) is 0 Å². The zero-order chi connectivity index (χ0) is 14.0. The number of nitrogens with zero attached hydrogens (tertiary/aromatic N) is 2. The number of pyridine rings is 1. The molecule has 1 saturated heterocycles. The number of hydrogen-bond acceptors (Lipinski definition) is 5. The van der Waals surface area contributed by atoms with Gasteiger partial charge in [-0.05, 0) is 31.0 Å². The molecule has 1 unspecified atom stereocenters. The van der Waals surface area contributed by atoms with Crippen LogP contribution < -0.4 is 4.90 Å². The summed E-state index contributed by atoms with van der Waals surface area (Å²) in [5.74, 6) is 1.11. The summed E-state index contributed by atoms with van der Waals surface area (Å²) in [7, 11) is -2.92. The van der Waals surface area contributed by atoms with Crippen LogP contribution in [0.25, 0.3) is 0 Å². The van der Waals surface area contributed by atoms with Gasteiger partial charge in [-0.25, -0.2) is 13.4 Å². The molecule has 0 aromatic carbocycles. The highest BCUT2D eigenvalue weighted by molar-refractivity contribution is 7.91. The Balaban J connectivity index is 2.31. The summed E-state index contributed by atoms with van der Waals surface area (Å²) in [6.07, 6.45) is 0.793. The van der Waals surface area contributed by atoms with Crippen molar-refractivity contribution in [2.24, 2.45) is 0 Å². The summed E-state index contributed by atoms with van der Waals surface area (Å²) >= 11 is 0. The SMILES string of the molecule is CCc1cc(CO)cc(N2CCS(=O)(=O)CC2C)n1. The van der Waals surface area contributed by atoms with E-state index >= 15 is 0 Å². The molecular formula is C13H20N2O3S. The van der Waals surface area contributed by atoms with Gasteiger partial charge in [0.05, 0.1) is 18.1 Å². The number of rotatable bonds is 3. The van der Waals surface area contributed by atoms with Crippen LogP contribution in [0.3, 0.4) is 0 Å². The lowest BCUT2D eigenvalue weighted by atomic mass is 10.2. The van der Waals surface area contributed by atoms with E-state index in [9.17, 15) is 13.5 Å². The lowest BCUT2D eigenvalue weighted by molar-refractivity contribution is 0.281. The highest BCUT2D eigenvalue weighted by atomic mass is 32.2. The maximum atomic E-state index is 11.6. The van der Waals surface area contributed by atoms with Gasteiger partial charge < -0.3 is 10.0 Å². The van der Waals surface area contributed by atoms with E-state index in [1.54, 1.807) is 0 Å². The van der Waals surface area contributed by atoms with Gasteiger partial charge in [0, 0.05) is 18.3 Å². The third-order valence-electron chi connectivity index (χ3n) is 3.43. The topological polar surface area (TPSA) is 70.5 Å². The quantitative estimate of drug-likeness (QED) is 0.887. The minimum absolute atomic E-state index is 0.0248. The first-order valence-corrected chi connectivity index (χ1v) is 8.35. The van der Waals surface area contributed by atoms with Crippen LogP contribution in [0.5, 0.6) is 0 Å². The van der Waals surface area contributed by atoms with E-state index in [1.165, 1.54) is 0 Å². The molecule has 0 spiro atoms. The van der Waals surface area contributed by atoms with Crippen LogP contribution in [0.2, 0.25) is 0 Å². The van der Waals surface area contributed by atoms with Crippen LogP contribution in [-0.4, -0.2) is 42.6 Å². The van der Waals surface area contributed by atoms with E-state index in [-0.39, 0.29) is 24.2 Å². The second-order valence-electron chi connectivity index (χ2n) is 4.99. The summed E-state index contributed by atoms with van der Waals surface area (Å²) in [6.45, 7) is 4.35. The predicted molar refractivity (Wildman–Crippen MR) is 75.0 cm³/mol. The minimum atomic E-state index is -2.92. The van der Waals surface area contributed by atoms with Crippen LogP contribution in [0, 0.1) is 0 Å². The summed E-state index contributed by atoms with van der Waals surface area (Å²) in [4.78, 5) is 6.55. The Labute approximate surface area is 114 Å². The summed E-state index contributed by atoms with van der Waals surface area (Å²) in [5, 5.41) is 9.29. The van der Waals surface area contributed by atoms with Crippen molar-refractivity contribution in [1.29, 1.82) is 0 Å². The van der Waals surface area contributed by atoms with Crippen LogP contribution in [-0.2, 0) is 22.9 Å². The van der Waals surface area contributed by atoms with Gasteiger partial charge in [-0.15, -0.1) is 0 Å². The Hall–Kier alpha value is -1.14. The molecule has 1 aromatic rings. The third kappa shape index (κ3) is 3.25. The van der Waals surface area contributed by atoms with Crippen LogP contribution >= 0.6 is 0 Å². The number of aryl methyl sites for hydroxylation is 1. The van der Waals surface area contributed by atoms with Crippen LogP contribution in [0.4, 0.5) is 5.82 Å². The van der Waals surface area contributed by atoms with Gasteiger partial charge in [-0.1, -0.05) is 6.92 Å². The summed E-state index contributed by atoms with van der Waals surface area (Å²) < 4.78 is 23.2. The van der Waals surface area contributed by atoms with Crippen LogP contribution in [0.1, 0.15) is 25.1 Å². The smallest absolute Gasteiger partial charge is 0.154 e. The number of hydrogen-bond donors (Lipinski definition) is 1. The fourth-order valence-electron chi connectivity index (χ4n) is 2.39. The number of aliphatic hydroxyl groups excluding tert-OH is 1. The highest BCUT2D eigenvalue weighted by Gasteiger charge is 2.29. The van der Waals surface area contributed by atoms with Crippen molar-refractivity contribution in [3.05, 3.63) is 23.4 Å². The molecule has 1 atom stereocenters. The summed E-state index contributed by atoms with van der Waals surface area (Å²) in [6, 6.07) is 3.65. The first kappa shape index (κ1) is 14.3. The van der Waals surface area contributed by atoms with E-state index < -0.39 is 9.84 Å². The first-order chi connectivity index (χ1) is 8.95. The predicted octanol–water partition coefficient (Wildman–Crippen LogP) is 0.760. The second kappa shape index (κ2) is 5.46. The molecule has 106 valence electrons. The average molecular weight is 284 g/mol. The second-order valence-corrected chi connectivity index (χ2v) is 7.22. The molecule has 1 N–H and O–H groups in total. The molecule has 19 heavy (non-hydrogen) atoms. The number of sulfone groups is 1. The molecule has 0 bridgehead atoms. The van der Waals surface area contributed by atoms with E-state index in [2.05, 4.69) is 4.98 Å². The molecule has 0 radical (unpaired) electrons. The van der Waals surface area contributed by atoms with Crippen molar-refractivity contribution in [2.45, 2.75) is 32.9 Å². The molecule has 2 rings (SSSR count). The maximum Gasteiger partial charge on any atom is 0.154 e. The average Bonchev–Trinajstić information content (AvgIpc) is 2.37. The molecule has 1 fully saturated rings. The van der Waals surface area contributed by atoms with Gasteiger partial charge in [0.1, 0.15) is 5.82 Å². The largest absolute Gasteiger partial charge is 0.392 e. The van der Waals surface area contributed by atoms with E-state index in [0.717, 1.165) is 23.5 Å². The molecule has 2 heterocycles. The zero-order valence-corrected chi connectivity index (χ0v) is 12.2. The highest BCUT2D eigenvalue weighted by Crippen LogP contribution is 2.22. The van der Waals surface area contributed by atoms with Crippen molar-refractivity contribution >= 4 is 15.7 Å². The number of anilines is 1. The molecule has 1 aliphatic heterocycles. The fraction of sp³-hybridized carbons (Fsp3) is 0.615. The van der Waals surface area contributed by atoms with E-state index in [4.69, 9.17) is 0 Å². The van der Waals surface area contributed by atoms with Gasteiger partial charge in [0.25, 0.3) is 0 Å². The first-order valence-electron chi connectivity index (χ1n) is 6.53. The van der Waals surface area contributed by atoms with Gasteiger partial charge >= 0.3 is 0 Å². The van der Waals surface area contributed by atoms with Crippen molar-refractivity contribution in [3.63, 3.8) is 0 Å². The molecular weight excluding hydrogens is 264 g/mol. The minimum Gasteiger partial charge on any atom is -0.392 e. The summed E-state index contributed by atoms with van der Waals surface area (Å²) in [5.41, 5.74) is 1.74.